The molecule has 0 N–H and O–H groups in total. The second kappa shape index (κ2) is 4.42. The number of benzene rings is 1. The number of nitrogens with zero attached hydrogens (tertiary/aromatic N) is 1. The van der Waals surface area contributed by atoms with Gasteiger partial charge in [0.05, 0.1) is 6.07 Å². The first-order chi connectivity index (χ1) is 9.60. The van der Waals surface area contributed by atoms with Crippen LogP contribution in [0.1, 0.15) is 42.1 Å². The zero-order valence-electron chi connectivity index (χ0n) is 11.3. The van der Waals surface area contributed by atoms with Crippen molar-refractivity contribution in [3.05, 3.63) is 47.0 Å². The Morgan fingerprint density at radius 3 is 2.85 bits per heavy atom. The average molecular weight is 265 g/mol. The number of fused-ring (bicyclic) bond motifs is 3. The molecule has 0 bridgehead atoms. The predicted molar refractivity (Wildman–Crippen MR) is 74.2 cm³/mol. The van der Waals surface area contributed by atoms with E-state index in [9.17, 15) is 14.9 Å². The lowest BCUT2D eigenvalue weighted by atomic mass is 9.56. The number of rotatable bonds is 1. The molecule has 0 unspecified atom stereocenters. The number of hydrogen-bond acceptors (Lipinski definition) is 3. The summed E-state index contributed by atoms with van der Waals surface area (Å²) in [5.41, 5.74) is 1.97. The molecule has 20 heavy (non-hydrogen) atoms. The second-order valence-electron chi connectivity index (χ2n) is 5.74. The largest absolute Gasteiger partial charge is 0.290 e. The lowest BCUT2D eigenvalue weighted by molar-refractivity contribution is -0.121. The van der Waals surface area contributed by atoms with Crippen LogP contribution in [-0.2, 0) is 10.2 Å². The molecule has 0 saturated heterocycles. The van der Waals surface area contributed by atoms with Gasteiger partial charge in [0.25, 0.3) is 0 Å². The van der Waals surface area contributed by atoms with E-state index in [2.05, 4.69) is 12.1 Å². The van der Waals surface area contributed by atoms with Crippen molar-refractivity contribution >= 4 is 11.6 Å². The Morgan fingerprint density at radius 2 is 2.10 bits per heavy atom. The van der Waals surface area contributed by atoms with Crippen molar-refractivity contribution in [2.75, 3.05) is 0 Å². The molecule has 0 saturated carbocycles. The van der Waals surface area contributed by atoms with Gasteiger partial charge in [0.2, 0.25) is 11.6 Å². The first-order valence-electron chi connectivity index (χ1n) is 6.81. The molecule has 3 rings (SSSR count). The minimum absolute atomic E-state index is 0.275. The first kappa shape index (κ1) is 12.8. The highest BCUT2D eigenvalue weighted by Crippen LogP contribution is 2.50. The van der Waals surface area contributed by atoms with E-state index in [0.29, 0.717) is 18.4 Å². The van der Waals surface area contributed by atoms with Gasteiger partial charge >= 0.3 is 0 Å². The van der Waals surface area contributed by atoms with Gasteiger partial charge in [-0.05, 0) is 25.3 Å². The molecule has 1 aromatic carbocycles. The van der Waals surface area contributed by atoms with Gasteiger partial charge in [0.15, 0.2) is 0 Å². The summed E-state index contributed by atoms with van der Waals surface area (Å²) in [7, 11) is 0. The number of carbonyl (C=O) groups is 2. The zero-order chi connectivity index (χ0) is 14.3. The van der Waals surface area contributed by atoms with Crippen LogP contribution < -0.4 is 0 Å². The van der Waals surface area contributed by atoms with Crippen LogP contribution in [0.4, 0.5) is 0 Å². The van der Waals surface area contributed by atoms with Gasteiger partial charge in [-0.1, -0.05) is 35.9 Å². The number of Topliss-reactive ketones (excluding diaryl/α,β-unsaturated/α-hetero) is 2. The van der Waals surface area contributed by atoms with E-state index in [1.165, 1.54) is 0 Å². The Bertz CT molecular complexity index is 680. The fourth-order valence-electron chi connectivity index (χ4n) is 3.58. The minimum Gasteiger partial charge on any atom is -0.290 e. The Hall–Kier alpha value is -2.21. The maximum atomic E-state index is 12.5. The molecule has 2 atom stereocenters. The topological polar surface area (TPSA) is 57.9 Å². The van der Waals surface area contributed by atoms with Crippen molar-refractivity contribution in [2.24, 2.45) is 5.92 Å². The molecule has 3 nitrogen and oxygen atoms in total. The Kier molecular flexibility index (Phi) is 2.83. The summed E-state index contributed by atoms with van der Waals surface area (Å²) < 4.78 is 0. The second-order valence-corrected chi connectivity index (χ2v) is 5.74. The summed E-state index contributed by atoms with van der Waals surface area (Å²) in [6, 6.07) is 9.48. The van der Waals surface area contributed by atoms with Crippen LogP contribution in [0.25, 0.3) is 0 Å². The Labute approximate surface area is 117 Å². The molecular weight excluding hydrogens is 250 g/mol. The number of carbonyl (C=O) groups excluding carboxylic acids is 2. The van der Waals surface area contributed by atoms with Crippen LogP contribution in [0.3, 0.4) is 0 Å². The zero-order valence-corrected chi connectivity index (χ0v) is 11.3. The molecule has 0 aliphatic heterocycles. The number of ketones is 2. The quantitative estimate of drug-likeness (QED) is 0.579. The number of hydrogen-bond donors (Lipinski definition) is 0. The first-order valence-corrected chi connectivity index (χ1v) is 6.81. The number of nitriles is 1. The summed E-state index contributed by atoms with van der Waals surface area (Å²) >= 11 is 0. The molecule has 0 radical (unpaired) electrons. The third-order valence-corrected chi connectivity index (χ3v) is 4.65. The van der Waals surface area contributed by atoms with Crippen molar-refractivity contribution in [3.8, 4) is 6.07 Å². The lowest BCUT2D eigenvalue weighted by Gasteiger charge is -2.44. The molecule has 100 valence electrons. The van der Waals surface area contributed by atoms with Crippen molar-refractivity contribution < 1.29 is 9.59 Å². The average Bonchev–Trinajstić information content (AvgIpc) is 2.47. The van der Waals surface area contributed by atoms with E-state index in [-0.39, 0.29) is 18.1 Å². The van der Waals surface area contributed by atoms with E-state index in [1.807, 2.05) is 19.1 Å². The number of allylic oxidation sites excluding steroid dienone is 2. The molecule has 3 heteroatoms. The molecule has 0 fully saturated rings. The molecule has 1 aromatic rings. The van der Waals surface area contributed by atoms with Crippen LogP contribution in [0.15, 0.2) is 35.9 Å². The van der Waals surface area contributed by atoms with Gasteiger partial charge in [0, 0.05) is 23.3 Å². The van der Waals surface area contributed by atoms with Crippen LogP contribution in [-0.4, -0.2) is 11.6 Å². The van der Waals surface area contributed by atoms with Gasteiger partial charge in [0.1, 0.15) is 0 Å². The Morgan fingerprint density at radius 1 is 1.35 bits per heavy atom. The van der Waals surface area contributed by atoms with Crippen molar-refractivity contribution in [1.29, 1.82) is 5.26 Å². The van der Waals surface area contributed by atoms with E-state index >= 15 is 0 Å². The predicted octanol–water partition coefficient (Wildman–Crippen LogP) is 2.96. The molecule has 2 aliphatic carbocycles. The summed E-state index contributed by atoms with van der Waals surface area (Å²) in [5, 5.41) is 9.23. The van der Waals surface area contributed by atoms with Crippen molar-refractivity contribution in [3.63, 3.8) is 0 Å². The maximum absolute atomic E-state index is 12.5. The molecule has 0 spiro atoms. The van der Waals surface area contributed by atoms with Crippen molar-refractivity contribution in [2.45, 2.75) is 31.6 Å². The third kappa shape index (κ3) is 1.58. The highest BCUT2D eigenvalue weighted by atomic mass is 16.2. The minimum atomic E-state index is -0.518. The van der Waals surface area contributed by atoms with Crippen LogP contribution in [0.5, 0.6) is 0 Å². The summed E-state index contributed by atoms with van der Waals surface area (Å²) in [6.07, 6.45) is 3.62. The monoisotopic (exact) mass is 265 g/mol. The van der Waals surface area contributed by atoms with E-state index < -0.39 is 11.2 Å². The van der Waals surface area contributed by atoms with Gasteiger partial charge < -0.3 is 0 Å². The van der Waals surface area contributed by atoms with Gasteiger partial charge in [-0.2, -0.15) is 5.26 Å². The SMILES string of the molecule is CC1=CC[C@]2(CC#N)c3ccccc3C(=O)C(=O)[C@H]2C1. The highest BCUT2D eigenvalue weighted by molar-refractivity contribution is 6.46. The molecule has 0 heterocycles. The maximum Gasteiger partial charge on any atom is 0.229 e. The van der Waals surface area contributed by atoms with E-state index in [1.54, 1.807) is 12.1 Å². The normalized spacial score (nSPS) is 28.2. The van der Waals surface area contributed by atoms with Gasteiger partial charge in [-0.15, -0.1) is 0 Å². The Balaban J connectivity index is 2.28. The van der Waals surface area contributed by atoms with Gasteiger partial charge in [-0.3, -0.25) is 9.59 Å². The van der Waals surface area contributed by atoms with Crippen LogP contribution >= 0.6 is 0 Å². The van der Waals surface area contributed by atoms with Crippen molar-refractivity contribution in [1.82, 2.24) is 0 Å². The third-order valence-electron chi connectivity index (χ3n) is 4.65. The van der Waals surface area contributed by atoms with E-state index in [0.717, 1.165) is 11.1 Å². The summed E-state index contributed by atoms with van der Waals surface area (Å²) in [6.45, 7) is 1.98. The van der Waals surface area contributed by atoms with E-state index in [4.69, 9.17) is 0 Å². The fraction of sp³-hybridized carbons (Fsp3) is 0.353. The lowest BCUT2D eigenvalue weighted by Crippen LogP contribution is -2.49. The molecule has 0 amide bonds. The van der Waals surface area contributed by atoms with Gasteiger partial charge in [-0.25, -0.2) is 0 Å². The summed E-state index contributed by atoms with van der Waals surface area (Å²) in [5.74, 6) is -1.10. The molecule has 0 aromatic heterocycles. The fourth-order valence-corrected chi connectivity index (χ4v) is 3.58. The molecular formula is C17H15NO2. The molecule has 2 aliphatic rings. The summed E-state index contributed by atoms with van der Waals surface area (Å²) in [4.78, 5) is 24.7. The smallest absolute Gasteiger partial charge is 0.229 e. The highest BCUT2D eigenvalue weighted by Gasteiger charge is 2.52. The van der Waals surface area contributed by atoms with Crippen LogP contribution in [0.2, 0.25) is 0 Å². The standard InChI is InChI=1S/C17H15NO2/c1-11-6-7-17(8-9-18)13-5-3-2-4-12(13)15(19)16(20)14(17)10-11/h2-6,14H,7-8,10H2,1H3/t14-,17+/m1/s1. The van der Waals surface area contributed by atoms with Crippen LogP contribution in [0, 0.1) is 17.2 Å².